The highest BCUT2D eigenvalue weighted by Gasteiger charge is 2.27. The van der Waals surface area contributed by atoms with Crippen LogP contribution >= 0.6 is 0 Å². The summed E-state index contributed by atoms with van der Waals surface area (Å²) in [4.78, 5) is 26.9. The predicted molar refractivity (Wildman–Crippen MR) is 112 cm³/mol. The van der Waals surface area contributed by atoms with E-state index in [9.17, 15) is 9.59 Å². The van der Waals surface area contributed by atoms with Crippen LogP contribution in [0, 0.1) is 6.92 Å². The maximum Gasteiger partial charge on any atom is 0.314 e. The molecular weight excluding hydrogens is 382 g/mol. The van der Waals surface area contributed by atoms with E-state index in [-0.39, 0.29) is 11.9 Å². The van der Waals surface area contributed by atoms with Gasteiger partial charge in [-0.3, -0.25) is 19.8 Å². The number of aromatic nitrogens is 2. The van der Waals surface area contributed by atoms with Gasteiger partial charge in [-0.05, 0) is 36.6 Å². The molecule has 30 heavy (non-hydrogen) atoms. The Kier molecular flexibility index (Phi) is 5.67. The molecule has 156 valence electrons. The molecule has 2 aromatic heterocycles. The first kappa shape index (κ1) is 19.9. The molecule has 4 rings (SSSR count). The lowest BCUT2D eigenvalue weighted by Crippen LogP contribution is -2.44. The molecule has 0 bridgehead atoms. The zero-order valence-corrected chi connectivity index (χ0v) is 17.1. The van der Waals surface area contributed by atoms with Crippen LogP contribution in [0.15, 0.2) is 53.2 Å². The van der Waals surface area contributed by atoms with Gasteiger partial charge in [-0.2, -0.15) is 0 Å². The molecule has 3 aromatic rings. The van der Waals surface area contributed by atoms with Crippen molar-refractivity contribution in [2.45, 2.75) is 25.9 Å². The van der Waals surface area contributed by atoms with Gasteiger partial charge in [-0.25, -0.2) is 0 Å². The first-order chi connectivity index (χ1) is 14.5. The lowest BCUT2D eigenvalue weighted by Gasteiger charge is -2.36. The van der Waals surface area contributed by atoms with Crippen molar-refractivity contribution in [2.75, 3.05) is 18.4 Å². The van der Waals surface area contributed by atoms with Crippen molar-refractivity contribution in [1.29, 1.82) is 0 Å². The van der Waals surface area contributed by atoms with Crippen molar-refractivity contribution >= 4 is 17.6 Å². The maximum absolute atomic E-state index is 12.4. The number of fused-ring (bicyclic) bond motifs is 1. The molecule has 2 amide bonds. The van der Waals surface area contributed by atoms with Crippen LogP contribution in [0.5, 0.6) is 0 Å². The SMILES string of the molecule is Cc1cc(NC(=O)C(=O)NCC(c2cccn2C)N2CCc3ccccc3C2)no1. The smallest absolute Gasteiger partial charge is 0.314 e. The van der Waals surface area contributed by atoms with Gasteiger partial charge in [0.2, 0.25) is 0 Å². The number of amides is 2. The molecule has 0 spiro atoms. The van der Waals surface area contributed by atoms with E-state index in [0.29, 0.717) is 12.3 Å². The zero-order valence-electron chi connectivity index (χ0n) is 17.1. The van der Waals surface area contributed by atoms with E-state index in [2.05, 4.69) is 55.6 Å². The summed E-state index contributed by atoms with van der Waals surface area (Å²) in [5, 5.41) is 8.91. The second kappa shape index (κ2) is 8.54. The van der Waals surface area contributed by atoms with Crippen LogP contribution in [0.3, 0.4) is 0 Å². The van der Waals surface area contributed by atoms with E-state index >= 15 is 0 Å². The van der Waals surface area contributed by atoms with E-state index in [0.717, 1.165) is 25.2 Å². The van der Waals surface area contributed by atoms with Gasteiger partial charge in [-0.1, -0.05) is 29.4 Å². The van der Waals surface area contributed by atoms with E-state index in [1.165, 1.54) is 11.1 Å². The van der Waals surface area contributed by atoms with Gasteiger partial charge < -0.3 is 14.4 Å². The number of rotatable bonds is 5. The van der Waals surface area contributed by atoms with Crippen LogP contribution in [0.2, 0.25) is 0 Å². The van der Waals surface area contributed by atoms with E-state index in [4.69, 9.17) is 4.52 Å². The summed E-state index contributed by atoms with van der Waals surface area (Å²) in [6.45, 7) is 3.72. The molecule has 1 atom stereocenters. The standard InChI is InChI=1S/C22H25N5O3/c1-15-12-20(25-30-15)24-22(29)21(28)23-13-19(18-8-5-10-26(18)2)27-11-9-16-6-3-4-7-17(16)14-27/h3-8,10,12,19H,9,11,13-14H2,1-2H3,(H,23,28)(H,24,25,29). The van der Waals surface area contributed by atoms with Gasteiger partial charge in [0.25, 0.3) is 0 Å². The minimum Gasteiger partial charge on any atom is -0.360 e. The molecule has 1 unspecified atom stereocenters. The Morgan fingerprint density at radius 2 is 1.97 bits per heavy atom. The van der Waals surface area contributed by atoms with Crippen molar-refractivity contribution in [3.63, 3.8) is 0 Å². The van der Waals surface area contributed by atoms with Gasteiger partial charge in [0.15, 0.2) is 5.82 Å². The summed E-state index contributed by atoms with van der Waals surface area (Å²) in [7, 11) is 1.99. The molecule has 0 radical (unpaired) electrons. The lowest BCUT2D eigenvalue weighted by atomic mass is 9.98. The number of hydrogen-bond acceptors (Lipinski definition) is 5. The van der Waals surface area contributed by atoms with Crippen molar-refractivity contribution in [2.24, 2.45) is 7.05 Å². The number of nitrogens with one attached hydrogen (secondary N) is 2. The van der Waals surface area contributed by atoms with Crippen LogP contribution in [0.25, 0.3) is 0 Å². The monoisotopic (exact) mass is 407 g/mol. The fourth-order valence-electron chi connectivity index (χ4n) is 3.89. The Hall–Kier alpha value is -3.39. The number of aryl methyl sites for hydroxylation is 2. The first-order valence-electron chi connectivity index (χ1n) is 9.96. The van der Waals surface area contributed by atoms with Gasteiger partial charge in [0, 0.05) is 44.6 Å². The lowest BCUT2D eigenvalue weighted by molar-refractivity contribution is -0.136. The third-order valence-corrected chi connectivity index (χ3v) is 5.46. The van der Waals surface area contributed by atoms with Crippen molar-refractivity contribution < 1.29 is 14.1 Å². The summed E-state index contributed by atoms with van der Waals surface area (Å²) >= 11 is 0. The summed E-state index contributed by atoms with van der Waals surface area (Å²) < 4.78 is 6.96. The highest BCUT2D eigenvalue weighted by atomic mass is 16.5. The quantitative estimate of drug-likeness (QED) is 0.633. The molecule has 0 fully saturated rings. The number of anilines is 1. The van der Waals surface area contributed by atoms with Crippen molar-refractivity contribution in [3.8, 4) is 0 Å². The molecule has 8 heteroatoms. The molecule has 0 saturated carbocycles. The normalized spacial score (nSPS) is 14.7. The summed E-state index contributed by atoms with van der Waals surface area (Å²) in [5.74, 6) is -0.690. The number of benzene rings is 1. The molecule has 1 aliphatic rings. The van der Waals surface area contributed by atoms with Crippen LogP contribution in [-0.4, -0.2) is 39.5 Å². The molecule has 0 saturated heterocycles. The summed E-state index contributed by atoms with van der Waals surface area (Å²) in [6.07, 6.45) is 2.94. The Morgan fingerprint density at radius 1 is 1.17 bits per heavy atom. The van der Waals surface area contributed by atoms with Crippen molar-refractivity contribution in [3.05, 3.63) is 71.2 Å². The molecule has 0 aliphatic carbocycles. The molecule has 8 nitrogen and oxygen atoms in total. The van der Waals surface area contributed by atoms with Gasteiger partial charge >= 0.3 is 11.8 Å². The van der Waals surface area contributed by atoms with Gasteiger partial charge in [0.1, 0.15) is 5.76 Å². The minimum absolute atomic E-state index is 0.0515. The molecule has 2 N–H and O–H groups in total. The predicted octanol–water partition coefficient (Wildman–Crippen LogP) is 2.18. The topological polar surface area (TPSA) is 92.4 Å². The molecule has 1 aromatic carbocycles. The largest absolute Gasteiger partial charge is 0.360 e. The van der Waals surface area contributed by atoms with E-state index in [1.54, 1.807) is 13.0 Å². The molecule has 1 aliphatic heterocycles. The van der Waals surface area contributed by atoms with Crippen molar-refractivity contribution in [1.82, 2.24) is 19.9 Å². The van der Waals surface area contributed by atoms with Crippen LogP contribution in [0.1, 0.15) is 28.6 Å². The van der Waals surface area contributed by atoms with Crippen LogP contribution in [-0.2, 0) is 29.6 Å². The third-order valence-electron chi connectivity index (χ3n) is 5.46. The minimum atomic E-state index is -0.766. The summed E-state index contributed by atoms with van der Waals surface area (Å²) in [5.41, 5.74) is 3.75. The Labute approximate surface area is 174 Å². The Bertz CT molecular complexity index is 1050. The van der Waals surface area contributed by atoms with Gasteiger partial charge in [-0.15, -0.1) is 0 Å². The van der Waals surface area contributed by atoms with Crippen LogP contribution in [0.4, 0.5) is 5.82 Å². The number of carbonyl (C=O) groups is 2. The van der Waals surface area contributed by atoms with Crippen LogP contribution < -0.4 is 10.6 Å². The average Bonchev–Trinajstić information content (AvgIpc) is 3.35. The highest BCUT2D eigenvalue weighted by molar-refractivity contribution is 6.39. The molecular formula is C22H25N5O3. The Morgan fingerprint density at radius 3 is 2.67 bits per heavy atom. The fourth-order valence-corrected chi connectivity index (χ4v) is 3.89. The maximum atomic E-state index is 12.4. The third kappa shape index (κ3) is 4.28. The second-order valence-electron chi connectivity index (χ2n) is 7.54. The van der Waals surface area contributed by atoms with E-state index in [1.807, 2.05) is 19.3 Å². The second-order valence-corrected chi connectivity index (χ2v) is 7.54. The molecule has 3 heterocycles. The highest BCUT2D eigenvalue weighted by Crippen LogP contribution is 2.27. The first-order valence-corrected chi connectivity index (χ1v) is 9.96. The van der Waals surface area contributed by atoms with E-state index < -0.39 is 11.8 Å². The Balaban J connectivity index is 1.45. The number of nitrogens with zero attached hydrogens (tertiary/aromatic N) is 3. The van der Waals surface area contributed by atoms with Gasteiger partial charge in [0.05, 0.1) is 6.04 Å². The average molecular weight is 407 g/mol. The number of hydrogen-bond donors (Lipinski definition) is 2. The summed E-state index contributed by atoms with van der Waals surface area (Å²) in [6, 6.07) is 14.0. The number of carbonyl (C=O) groups excluding carboxylic acids is 2. The zero-order chi connectivity index (χ0) is 21.1. The fraction of sp³-hybridized carbons (Fsp3) is 0.318.